The molecule has 1 aromatic heterocycles. The summed E-state index contributed by atoms with van der Waals surface area (Å²) in [6, 6.07) is 17.9. The van der Waals surface area contributed by atoms with Gasteiger partial charge in [-0.1, -0.05) is 25.5 Å². The van der Waals surface area contributed by atoms with Crippen LogP contribution in [-0.2, 0) is 0 Å². The zero-order valence-electron chi connectivity index (χ0n) is 20.9. The number of ether oxygens (including phenoxy) is 4. The number of allylic oxidation sites excluding steroid dienone is 1. The molecule has 4 aromatic rings. The molecule has 1 heterocycles. The summed E-state index contributed by atoms with van der Waals surface area (Å²) in [5.74, 6) is 2.20. The molecule has 0 N–H and O–H groups in total. The molecule has 0 fully saturated rings. The zero-order valence-corrected chi connectivity index (χ0v) is 20.9. The van der Waals surface area contributed by atoms with E-state index in [9.17, 15) is 4.79 Å². The average Bonchev–Trinajstić information content (AvgIpc) is 3.35. The van der Waals surface area contributed by atoms with E-state index in [0.717, 1.165) is 12.8 Å². The summed E-state index contributed by atoms with van der Waals surface area (Å²) in [4.78, 5) is 18.3. The maximum absolute atomic E-state index is 13.8. The first-order chi connectivity index (χ1) is 17.6. The SMILES string of the molecule is CCCCOc1ccc(C(=O)C(=Cc2cc(OC)c(OC)cc2OC)c2nc3ccccc3o2)cc1. The Morgan fingerprint density at radius 1 is 0.917 bits per heavy atom. The van der Waals surface area contributed by atoms with Crippen LogP contribution in [0.3, 0.4) is 0 Å². The Bertz CT molecular complexity index is 1340. The van der Waals surface area contributed by atoms with Crippen molar-refractivity contribution in [3.63, 3.8) is 0 Å². The molecule has 7 nitrogen and oxygen atoms in total. The lowest BCUT2D eigenvalue weighted by atomic mass is 10.00. The van der Waals surface area contributed by atoms with Crippen LogP contribution >= 0.6 is 0 Å². The minimum absolute atomic E-state index is 0.210. The van der Waals surface area contributed by atoms with Crippen molar-refractivity contribution in [3.05, 3.63) is 77.7 Å². The summed E-state index contributed by atoms with van der Waals surface area (Å²) in [5, 5.41) is 0. The van der Waals surface area contributed by atoms with E-state index < -0.39 is 0 Å². The summed E-state index contributed by atoms with van der Waals surface area (Å²) in [6.45, 7) is 2.75. The zero-order chi connectivity index (χ0) is 25.5. The Hall–Kier alpha value is -4.26. The monoisotopic (exact) mass is 487 g/mol. The number of Topliss-reactive ketones (excluding diaryl/α,β-unsaturated/α-hetero) is 1. The second-order valence-corrected chi connectivity index (χ2v) is 8.05. The number of carbonyl (C=O) groups excluding carboxylic acids is 1. The summed E-state index contributed by atoms with van der Waals surface area (Å²) >= 11 is 0. The Morgan fingerprint density at radius 2 is 1.61 bits per heavy atom. The molecule has 186 valence electrons. The number of benzene rings is 3. The number of methoxy groups -OCH3 is 3. The van der Waals surface area contributed by atoms with Gasteiger partial charge in [0.25, 0.3) is 0 Å². The number of fused-ring (bicyclic) bond motifs is 1. The van der Waals surface area contributed by atoms with Gasteiger partial charge in [-0.25, -0.2) is 4.98 Å². The molecule has 0 atom stereocenters. The van der Waals surface area contributed by atoms with Crippen molar-refractivity contribution in [3.8, 4) is 23.0 Å². The lowest BCUT2D eigenvalue weighted by molar-refractivity contribution is 0.105. The van der Waals surface area contributed by atoms with E-state index in [4.69, 9.17) is 23.4 Å². The maximum atomic E-state index is 13.8. The first-order valence-corrected chi connectivity index (χ1v) is 11.7. The minimum Gasteiger partial charge on any atom is -0.496 e. The fourth-order valence-corrected chi connectivity index (χ4v) is 3.73. The van der Waals surface area contributed by atoms with Gasteiger partial charge in [-0.2, -0.15) is 0 Å². The number of hydrogen-bond donors (Lipinski definition) is 0. The summed E-state index contributed by atoms with van der Waals surface area (Å²) < 4.78 is 28.2. The average molecular weight is 488 g/mol. The third kappa shape index (κ3) is 5.35. The van der Waals surface area contributed by atoms with Gasteiger partial charge in [0, 0.05) is 17.2 Å². The molecule has 0 unspecified atom stereocenters. The second kappa shape index (κ2) is 11.4. The van der Waals surface area contributed by atoms with Crippen LogP contribution in [0.1, 0.15) is 41.6 Å². The molecule has 0 aliphatic heterocycles. The first kappa shape index (κ1) is 24.9. The van der Waals surface area contributed by atoms with Gasteiger partial charge in [0.15, 0.2) is 22.9 Å². The lowest BCUT2D eigenvalue weighted by Crippen LogP contribution is -2.04. The number of para-hydroxylation sites is 2. The fraction of sp³-hybridized carbons (Fsp3) is 0.241. The van der Waals surface area contributed by atoms with Gasteiger partial charge < -0.3 is 23.4 Å². The predicted octanol–water partition coefficient (Wildman–Crippen LogP) is 6.46. The molecule has 0 saturated heterocycles. The minimum atomic E-state index is -0.251. The smallest absolute Gasteiger partial charge is 0.231 e. The molecule has 0 bridgehead atoms. The second-order valence-electron chi connectivity index (χ2n) is 8.05. The van der Waals surface area contributed by atoms with E-state index in [1.807, 2.05) is 24.3 Å². The van der Waals surface area contributed by atoms with Crippen molar-refractivity contribution in [1.82, 2.24) is 4.98 Å². The highest BCUT2D eigenvalue weighted by molar-refractivity contribution is 6.31. The van der Waals surface area contributed by atoms with Crippen molar-refractivity contribution in [2.24, 2.45) is 0 Å². The Morgan fingerprint density at radius 3 is 2.28 bits per heavy atom. The van der Waals surface area contributed by atoms with Crippen molar-refractivity contribution >= 4 is 28.5 Å². The molecule has 36 heavy (non-hydrogen) atoms. The van der Waals surface area contributed by atoms with E-state index in [-0.39, 0.29) is 17.2 Å². The molecular weight excluding hydrogens is 458 g/mol. The van der Waals surface area contributed by atoms with Gasteiger partial charge >= 0.3 is 0 Å². The number of carbonyl (C=O) groups is 1. The highest BCUT2D eigenvalue weighted by atomic mass is 16.5. The fourth-order valence-electron chi connectivity index (χ4n) is 3.73. The molecular formula is C29H29NO6. The molecule has 0 saturated carbocycles. The van der Waals surface area contributed by atoms with Gasteiger partial charge in [0.1, 0.15) is 17.0 Å². The van der Waals surface area contributed by atoms with Crippen LogP contribution < -0.4 is 18.9 Å². The number of aromatic nitrogens is 1. The highest BCUT2D eigenvalue weighted by Gasteiger charge is 2.22. The van der Waals surface area contributed by atoms with Gasteiger partial charge in [0.2, 0.25) is 5.89 Å². The topological polar surface area (TPSA) is 80.0 Å². The molecule has 0 radical (unpaired) electrons. The van der Waals surface area contributed by atoms with E-state index in [0.29, 0.717) is 51.8 Å². The number of ketones is 1. The summed E-state index contributed by atoms with van der Waals surface area (Å²) in [7, 11) is 4.65. The van der Waals surface area contributed by atoms with Crippen LogP contribution in [-0.4, -0.2) is 38.7 Å². The van der Waals surface area contributed by atoms with Crippen LogP contribution in [0.5, 0.6) is 23.0 Å². The van der Waals surface area contributed by atoms with Gasteiger partial charge in [0.05, 0.1) is 33.5 Å². The number of unbranched alkanes of at least 4 members (excludes halogenated alkanes) is 1. The number of oxazole rings is 1. The van der Waals surface area contributed by atoms with Crippen LogP contribution in [0, 0.1) is 0 Å². The Labute approximate surface area is 210 Å². The largest absolute Gasteiger partial charge is 0.496 e. The third-order valence-corrected chi connectivity index (χ3v) is 5.69. The number of rotatable bonds is 11. The van der Waals surface area contributed by atoms with Crippen molar-refractivity contribution in [1.29, 1.82) is 0 Å². The van der Waals surface area contributed by atoms with E-state index in [1.165, 1.54) is 0 Å². The van der Waals surface area contributed by atoms with E-state index in [1.54, 1.807) is 63.8 Å². The molecule has 0 aliphatic carbocycles. The quantitative estimate of drug-likeness (QED) is 0.136. The van der Waals surface area contributed by atoms with E-state index in [2.05, 4.69) is 11.9 Å². The standard InChI is InChI=1S/C29H29NO6/c1-5-6-15-35-21-13-11-19(12-14-21)28(31)22(29-30-23-9-7-8-10-24(23)36-29)16-20-17-26(33-3)27(34-4)18-25(20)32-2/h7-14,16-18H,5-6,15H2,1-4H3. The van der Waals surface area contributed by atoms with Crippen LogP contribution in [0.4, 0.5) is 0 Å². The van der Waals surface area contributed by atoms with Crippen LogP contribution in [0.25, 0.3) is 22.7 Å². The Balaban J connectivity index is 1.80. The third-order valence-electron chi connectivity index (χ3n) is 5.69. The molecule has 7 heteroatoms. The lowest BCUT2D eigenvalue weighted by Gasteiger charge is -2.13. The maximum Gasteiger partial charge on any atom is 0.231 e. The van der Waals surface area contributed by atoms with E-state index >= 15 is 0 Å². The van der Waals surface area contributed by atoms with Crippen LogP contribution in [0.2, 0.25) is 0 Å². The van der Waals surface area contributed by atoms with Gasteiger partial charge in [-0.3, -0.25) is 4.79 Å². The summed E-state index contributed by atoms with van der Waals surface area (Å²) in [5.41, 5.74) is 2.61. The Kier molecular flexibility index (Phi) is 7.90. The number of nitrogens with zero attached hydrogens (tertiary/aromatic N) is 1. The number of hydrogen-bond acceptors (Lipinski definition) is 7. The normalized spacial score (nSPS) is 11.4. The van der Waals surface area contributed by atoms with Gasteiger partial charge in [-0.15, -0.1) is 0 Å². The first-order valence-electron chi connectivity index (χ1n) is 11.7. The van der Waals surface area contributed by atoms with Crippen LogP contribution in [0.15, 0.2) is 65.1 Å². The van der Waals surface area contributed by atoms with Crippen molar-refractivity contribution in [2.45, 2.75) is 19.8 Å². The van der Waals surface area contributed by atoms with Crippen molar-refractivity contribution in [2.75, 3.05) is 27.9 Å². The predicted molar refractivity (Wildman–Crippen MR) is 139 cm³/mol. The molecule has 0 aliphatic rings. The molecule has 3 aromatic carbocycles. The van der Waals surface area contributed by atoms with Crippen molar-refractivity contribution < 1.29 is 28.2 Å². The molecule has 0 amide bonds. The summed E-state index contributed by atoms with van der Waals surface area (Å²) in [6.07, 6.45) is 3.72. The molecule has 4 rings (SSSR count). The molecule has 0 spiro atoms. The highest BCUT2D eigenvalue weighted by Crippen LogP contribution is 2.37. The van der Waals surface area contributed by atoms with Gasteiger partial charge in [-0.05, 0) is 55.0 Å².